The van der Waals surface area contributed by atoms with Gasteiger partial charge in [-0.3, -0.25) is 14.3 Å². The normalized spacial score (nSPS) is 18.2. The fourth-order valence-corrected chi connectivity index (χ4v) is 4.99. The Labute approximate surface area is 207 Å². The Morgan fingerprint density at radius 1 is 1.06 bits per heavy atom. The molecule has 4 heterocycles. The van der Waals surface area contributed by atoms with Crippen LogP contribution in [0.25, 0.3) is 0 Å². The summed E-state index contributed by atoms with van der Waals surface area (Å²) in [5.41, 5.74) is 2.30. The van der Waals surface area contributed by atoms with Crippen LogP contribution in [0.5, 0.6) is 0 Å². The molecule has 2 saturated heterocycles. The Balaban J connectivity index is 1.28. The number of carboxylic acid groups (broad SMARTS) is 1. The maximum atomic E-state index is 13.3. The van der Waals surface area contributed by atoms with Gasteiger partial charge in [-0.05, 0) is 24.6 Å². The molecule has 11 nitrogen and oxygen atoms in total. The van der Waals surface area contributed by atoms with E-state index in [0.717, 1.165) is 11.3 Å². The highest BCUT2D eigenvalue weighted by atomic mass is 16.4. The molecule has 0 saturated carbocycles. The van der Waals surface area contributed by atoms with Gasteiger partial charge in [-0.2, -0.15) is 15.3 Å². The number of likely N-dealkylation sites (tertiary alicyclic amines) is 2. The molecule has 0 bridgehead atoms. The fraction of sp³-hybridized carbons (Fsp3) is 0.360. The predicted molar refractivity (Wildman–Crippen MR) is 128 cm³/mol. The number of hydrogen-bond donors (Lipinski definition) is 2. The van der Waals surface area contributed by atoms with E-state index in [0.29, 0.717) is 24.3 Å². The molecule has 0 aliphatic carbocycles. The summed E-state index contributed by atoms with van der Waals surface area (Å²) < 4.78 is 1.71. The quantitative estimate of drug-likeness (QED) is 0.535. The molecule has 2 aromatic heterocycles. The number of rotatable bonds is 6. The van der Waals surface area contributed by atoms with Crippen LogP contribution in [0.4, 0.5) is 4.79 Å². The van der Waals surface area contributed by atoms with Crippen LogP contribution >= 0.6 is 0 Å². The Bertz CT molecular complexity index is 1270. The molecule has 1 aromatic carbocycles. The van der Waals surface area contributed by atoms with E-state index in [2.05, 4.69) is 20.6 Å². The number of carbonyl (C=O) groups excluding carboxylic acids is 2. The summed E-state index contributed by atoms with van der Waals surface area (Å²) >= 11 is 0. The third-order valence-electron chi connectivity index (χ3n) is 6.90. The van der Waals surface area contributed by atoms with Gasteiger partial charge >= 0.3 is 6.09 Å². The van der Waals surface area contributed by atoms with Gasteiger partial charge in [-0.1, -0.05) is 30.3 Å². The summed E-state index contributed by atoms with van der Waals surface area (Å²) in [4.78, 5) is 40.9. The molecule has 3 amide bonds. The summed E-state index contributed by atoms with van der Waals surface area (Å²) in [6.45, 7) is 3.52. The van der Waals surface area contributed by atoms with E-state index in [1.54, 1.807) is 21.8 Å². The lowest BCUT2D eigenvalue weighted by Crippen LogP contribution is -2.63. The van der Waals surface area contributed by atoms with Gasteiger partial charge < -0.3 is 20.2 Å². The molecule has 3 aromatic rings. The zero-order valence-corrected chi connectivity index (χ0v) is 19.9. The molecule has 2 N–H and O–H groups in total. The Hall–Kier alpha value is -4.28. The van der Waals surface area contributed by atoms with Crippen LogP contribution in [0, 0.1) is 18.3 Å². The smallest absolute Gasteiger partial charge is 0.407 e. The lowest BCUT2D eigenvalue weighted by Gasteiger charge is -2.48. The third kappa shape index (κ3) is 4.64. The summed E-state index contributed by atoms with van der Waals surface area (Å²) in [5, 5.41) is 24.7. The number of nitrogens with one attached hydrogen (secondary N) is 1. The van der Waals surface area contributed by atoms with Crippen LogP contribution in [0.15, 0.2) is 54.9 Å². The van der Waals surface area contributed by atoms with Crippen molar-refractivity contribution in [3.63, 3.8) is 0 Å². The number of carbonyl (C=O) groups is 3. The van der Waals surface area contributed by atoms with E-state index in [9.17, 15) is 19.5 Å². The third-order valence-corrected chi connectivity index (χ3v) is 6.90. The molecular weight excluding hydrogens is 462 g/mol. The van der Waals surface area contributed by atoms with Crippen LogP contribution in [-0.4, -0.2) is 79.0 Å². The first-order valence-electron chi connectivity index (χ1n) is 11.7. The van der Waals surface area contributed by atoms with Gasteiger partial charge in [0.15, 0.2) is 0 Å². The molecule has 11 heteroatoms. The number of benzene rings is 1. The molecule has 2 aliphatic heterocycles. The molecule has 0 radical (unpaired) electrons. The zero-order chi connectivity index (χ0) is 25.3. The summed E-state index contributed by atoms with van der Waals surface area (Å²) in [6, 6.07) is 13.4. The minimum atomic E-state index is -1.03. The Kier molecular flexibility index (Phi) is 6.13. The second-order valence-corrected chi connectivity index (χ2v) is 9.54. The summed E-state index contributed by atoms with van der Waals surface area (Å²) in [7, 11) is 0. The number of aryl methyl sites for hydroxylation is 1. The lowest BCUT2D eigenvalue weighted by molar-refractivity contribution is -0.131. The van der Waals surface area contributed by atoms with Gasteiger partial charge in [-0.25, -0.2) is 4.79 Å². The first-order valence-corrected chi connectivity index (χ1v) is 11.7. The maximum Gasteiger partial charge on any atom is 0.407 e. The molecule has 2 aliphatic rings. The van der Waals surface area contributed by atoms with E-state index in [4.69, 9.17) is 0 Å². The molecule has 5 rings (SSSR count). The maximum absolute atomic E-state index is 13.3. The van der Waals surface area contributed by atoms with Gasteiger partial charge in [0.05, 0.1) is 42.2 Å². The first kappa shape index (κ1) is 23.5. The number of hydrogen-bond acceptors (Lipinski definition) is 6. The van der Waals surface area contributed by atoms with Gasteiger partial charge in [-0.15, -0.1) is 0 Å². The molecule has 186 valence electrons. The van der Waals surface area contributed by atoms with Crippen LogP contribution in [0.2, 0.25) is 0 Å². The van der Waals surface area contributed by atoms with Crippen molar-refractivity contribution < 1.29 is 19.5 Å². The van der Waals surface area contributed by atoms with E-state index in [1.165, 1.54) is 11.1 Å². The number of aromatic nitrogens is 4. The van der Waals surface area contributed by atoms with Crippen molar-refractivity contribution in [3.8, 4) is 0 Å². The molecule has 2 fully saturated rings. The Morgan fingerprint density at radius 3 is 2.50 bits per heavy atom. The highest BCUT2D eigenvalue weighted by Gasteiger charge is 2.59. The number of amides is 3. The van der Waals surface area contributed by atoms with Crippen molar-refractivity contribution in [3.05, 3.63) is 77.4 Å². The minimum absolute atomic E-state index is 0.210. The van der Waals surface area contributed by atoms with Gasteiger partial charge in [0.25, 0.3) is 5.91 Å². The molecule has 1 unspecified atom stereocenters. The SMILES string of the molecule is Cc1ccc(CNC(=O)C2CN(C(=O)c3cnn(Cc4ccccc4)c3)CC23CN(C(=O)O)C3)nn1. The molecule has 1 atom stereocenters. The summed E-state index contributed by atoms with van der Waals surface area (Å²) in [5.74, 6) is -0.977. The van der Waals surface area contributed by atoms with Crippen molar-refractivity contribution in [1.82, 2.24) is 35.1 Å². The van der Waals surface area contributed by atoms with Crippen LogP contribution < -0.4 is 5.32 Å². The molecule has 36 heavy (non-hydrogen) atoms. The van der Waals surface area contributed by atoms with Gasteiger partial charge in [0, 0.05) is 37.8 Å². The largest absolute Gasteiger partial charge is 0.465 e. The van der Waals surface area contributed by atoms with Gasteiger partial charge in [0.1, 0.15) is 0 Å². The van der Waals surface area contributed by atoms with Crippen molar-refractivity contribution >= 4 is 17.9 Å². The standard InChI is InChI=1S/C25H27N7O4/c1-17-7-8-20(29-28-17)10-26-22(33)21-13-30(14-25(21)15-31(16-25)24(35)36)23(34)19-9-27-32(12-19)11-18-5-3-2-4-6-18/h2-9,12,21H,10-11,13-16H2,1H3,(H,26,33)(H,35,36). The van der Waals surface area contributed by atoms with E-state index in [1.807, 2.05) is 43.3 Å². The fourth-order valence-electron chi connectivity index (χ4n) is 4.99. The van der Waals surface area contributed by atoms with Crippen LogP contribution in [-0.2, 0) is 17.9 Å². The van der Waals surface area contributed by atoms with Crippen molar-refractivity contribution in [1.29, 1.82) is 0 Å². The molecular formula is C25H27N7O4. The van der Waals surface area contributed by atoms with Crippen LogP contribution in [0.1, 0.15) is 27.3 Å². The highest BCUT2D eigenvalue weighted by Crippen LogP contribution is 2.44. The second kappa shape index (κ2) is 9.40. The second-order valence-electron chi connectivity index (χ2n) is 9.54. The highest BCUT2D eigenvalue weighted by molar-refractivity contribution is 5.95. The average Bonchev–Trinajstić information content (AvgIpc) is 3.48. The van der Waals surface area contributed by atoms with Gasteiger partial charge in [0.2, 0.25) is 5.91 Å². The zero-order valence-electron chi connectivity index (χ0n) is 19.9. The first-order chi connectivity index (χ1) is 17.3. The van der Waals surface area contributed by atoms with Crippen molar-refractivity contribution in [2.24, 2.45) is 11.3 Å². The van der Waals surface area contributed by atoms with Crippen LogP contribution in [0.3, 0.4) is 0 Å². The minimum Gasteiger partial charge on any atom is -0.465 e. The molecule has 1 spiro atoms. The van der Waals surface area contributed by atoms with Crippen molar-refractivity contribution in [2.75, 3.05) is 26.2 Å². The lowest BCUT2D eigenvalue weighted by atomic mass is 9.71. The number of nitrogens with zero attached hydrogens (tertiary/aromatic N) is 6. The van der Waals surface area contributed by atoms with Crippen molar-refractivity contribution in [2.45, 2.75) is 20.0 Å². The Morgan fingerprint density at radius 2 is 1.81 bits per heavy atom. The van der Waals surface area contributed by atoms with E-state index in [-0.39, 0.29) is 38.0 Å². The summed E-state index contributed by atoms with van der Waals surface area (Å²) in [6.07, 6.45) is 2.21. The monoisotopic (exact) mass is 489 g/mol. The predicted octanol–water partition coefficient (Wildman–Crippen LogP) is 1.40. The average molecular weight is 490 g/mol. The van der Waals surface area contributed by atoms with E-state index < -0.39 is 17.4 Å². The topological polar surface area (TPSA) is 134 Å². The van der Waals surface area contributed by atoms with E-state index >= 15 is 0 Å².